The minimum absolute atomic E-state index is 0.128. The van der Waals surface area contributed by atoms with E-state index < -0.39 is 0 Å². The molecule has 0 spiro atoms. The average Bonchev–Trinajstić information content (AvgIpc) is 3.59. The Hall–Kier alpha value is -6.91. The molecular formula is C53H40N4. The molecule has 0 fully saturated rings. The summed E-state index contributed by atoms with van der Waals surface area (Å²) in [7, 11) is 0. The Morgan fingerprint density at radius 3 is 1.67 bits per heavy atom. The van der Waals surface area contributed by atoms with Gasteiger partial charge in [-0.3, -0.25) is 0 Å². The third-order valence-corrected chi connectivity index (χ3v) is 13.0. The Morgan fingerprint density at radius 1 is 0.404 bits per heavy atom. The smallest absolute Gasteiger partial charge is 0.164 e. The van der Waals surface area contributed by atoms with Crippen LogP contribution < -0.4 is 0 Å². The van der Waals surface area contributed by atoms with Gasteiger partial charge in [0.2, 0.25) is 0 Å². The fourth-order valence-electron chi connectivity index (χ4n) is 9.51. The number of nitrogens with zero attached hydrogens (tertiary/aromatic N) is 4. The topological polar surface area (TPSA) is 43.6 Å². The van der Waals surface area contributed by atoms with Gasteiger partial charge in [-0.25, -0.2) is 15.0 Å². The molecule has 0 radical (unpaired) electrons. The molecule has 0 amide bonds. The summed E-state index contributed by atoms with van der Waals surface area (Å²) in [5.41, 5.74) is 11.6. The number of rotatable bonds is 4. The maximum Gasteiger partial charge on any atom is 0.164 e. The van der Waals surface area contributed by atoms with Gasteiger partial charge in [0.05, 0.1) is 16.7 Å². The highest BCUT2D eigenvalue weighted by Gasteiger charge is 2.47. The first kappa shape index (κ1) is 33.4. The van der Waals surface area contributed by atoms with Gasteiger partial charge in [0, 0.05) is 43.8 Å². The lowest BCUT2D eigenvalue weighted by Crippen LogP contribution is -2.43. The predicted molar refractivity (Wildman–Crippen MR) is 237 cm³/mol. The molecule has 10 aromatic rings. The normalized spacial score (nSPS) is 14.2. The molecule has 272 valence electrons. The number of aromatic nitrogens is 4. The Kier molecular flexibility index (Phi) is 7.21. The minimum Gasteiger partial charge on any atom is -0.308 e. The van der Waals surface area contributed by atoms with Gasteiger partial charge < -0.3 is 4.57 Å². The highest BCUT2D eigenvalue weighted by Crippen LogP contribution is 2.58. The zero-order chi connectivity index (χ0) is 38.5. The molecule has 57 heavy (non-hydrogen) atoms. The predicted octanol–water partition coefficient (Wildman–Crippen LogP) is 13.5. The Morgan fingerprint density at radius 2 is 0.965 bits per heavy atom. The van der Waals surface area contributed by atoms with E-state index in [1.165, 1.54) is 54.8 Å². The fourth-order valence-corrected chi connectivity index (χ4v) is 9.51. The van der Waals surface area contributed by atoms with Crippen molar-refractivity contribution in [2.75, 3.05) is 0 Å². The van der Waals surface area contributed by atoms with Crippen molar-refractivity contribution in [2.24, 2.45) is 0 Å². The molecule has 4 nitrogen and oxygen atoms in total. The molecular weight excluding hydrogens is 693 g/mol. The number of benzene rings is 8. The van der Waals surface area contributed by atoms with Gasteiger partial charge in [-0.2, -0.15) is 0 Å². The van der Waals surface area contributed by atoms with Crippen molar-refractivity contribution >= 4 is 43.4 Å². The number of fused-ring (bicyclic) bond motifs is 10. The number of hydrogen-bond donors (Lipinski definition) is 0. The van der Waals surface area contributed by atoms with E-state index in [4.69, 9.17) is 15.0 Å². The number of para-hydroxylation sites is 1. The first-order valence-electron chi connectivity index (χ1n) is 19.8. The molecule has 2 aromatic heterocycles. The average molecular weight is 733 g/mol. The molecule has 0 N–H and O–H groups in total. The highest BCUT2D eigenvalue weighted by atomic mass is 15.0. The van der Waals surface area contributed by atoms with Gasteiger partial charge in [-0.1, -0.05) is 179 Å². The van der Waals surface area contributed by atoms with Gasteiger partial charge in [0.1, 0.15) is 0 Å². The van der Waals surface area contributed by atoms with Crippen LogP contribution in [0.3, 0.4) is 0 Å². The zero-order valence-electron chi connectivity index (χ0n) is 32.5. The summed E-state index contributed by atoms with van der Waals surface area (Å²) in [4.78, 5) is 15.3. The van der Waals surface area contributed by atoms with Crippen LogP contribution in [0.5, 0.6) is 0 Å². The summed E-state index contributed by atoms with van der Waals surface area (Å²) < 4.78 is 2.53. The molecule has 1 aliphatic rings. The van der Waals surface area contributed by atoms with E-state index in [9.17, 15) is 0 Å². The first-order valence-corrected chi connectivity index (χ1v) is 19.8. The third kappa shape index (κ3) is 4.83. The summed E-state index contributed by atoms with van der Waals surface area (Å²) >= 11 is 0. The molecule has 0 bridgehead atoms. The van der Waals surface area contributed by atoms with Crippen LogP contribution in [0.4, 0.5) is 0 Å². The largest absolute Gasteiger partial charge is 0.308 e. The summed E-state index contributed by atoms with van der Waals surface area (Å²) in [5, 5.41) is 7.32. The van der Waals surface area contributed by atoms with Crippen LogP contribution >= 0.6 is 0 Å². The second-order valence-electron chi connectivity index (χ2n) is 16.4. The molecule has 2 heterocycles. The second-order valence-corrected chi connectivity index (χ2v) is 16.4. The van der Waals surface area contributed by atoms with Crippen molar-refractivity contribution in [2.45, 2.75) is 38.5 Å². The molecule has 0 saturated heterocycles. The zero-order valence-corrected chi connectivity index (χ0v) is 32.5. The lowest BCUT2D eigenvalue weighted by Gasteiger charge is -2.49. The lowest BCUT2D eigenvalue weighted by molar-refractivity contribution is 0.301. The minimum atomic E-state index is -0.160. The molecule has 0 unspecified atom stereocenters. The van der Waals surface area contributed by atoms with E-state index in [1.807, 2.05) is 36.4 Å². The summed E-state index contributed by atoms with van der Waals surface area (Å²) in [6.07, 6.45) is 0. The van der Waals surface area contributed by atoms with Crippen molar-refractivity contribution in [3.05, 3.63) is 181 Å². The Labute approximate surface area is 332 Å². The molecule has 0 aliphatic heterocycles. The van der Waals surface area contributed by atoms with Crippen LogP contribution in [-0.4, -0.2) is 19.5 Å². The SMILES string of the molecule is CC1(C)c2ccc3c4ccccc4n(-c4ccc(-c5nc(-c6ccccc6)nc(-c6ccccc6)n5)c5ccccc45)c3c2-c2ccc3ccccc3c2C1(C)C. The van der Waals surface area contributed by atoms with Gasteiger partial charge >= 0.3 is 0 Å². The number of hydrogen-bond acceptors (Lipinski definition) is 3. The van der Waals surface area contributed by atoms with Crippen LogP contribution in [0, 0.1) is 0 Å². The maximum atomic E-state index is 5.15. The fraction of sp³-hybridized carbons (Fsp3) is 0.113. The maximum absolute atomic E-state index is 5.15. The van der Waals surface area contributed by atoms with Crippen LogP contribution in [0.15, 0.2) is 170 Å². The molecule has 1 aliphatic carbocycles. The Balaban J connectivity index is 1.22. The third-order valence-electron chi connectivity index (χ3n) is 13.0. The lowest BCUT2D eigenvalue weighted by atomic mass is 9.54. The molecule has 4 heteroatoms. The van der Waals surface area contributed by atoms with Crippen LogP contribution in [-0.2, 0) is 10.8 Å². The van der Waals surface area contributed by atoms with E-state index in [1.54, 1.807) is 0 Å². The van der Waals surface area contributed by atoms with Gasteiger partial charge in [-0.05, 0) is 56.5 Å². The molecule has 0 atom stereocenters. The summed E-state index contributed by atoms with van der Waals surface area (Å²) in [5.74, 6) is 1.95. The molecule has 0 saturated carbocycles. The van der Waals surface area contributed by atoms with E-state index in [0.29, 0.717) is 17.5 Å². The van der Waals surface area contributed by atoms with Crippen LogP contribution in [0.1, 0.15) is 38.8 Å². The summed E-state index contributed by atoms with van der Waals surface area (Å²) in [6, 6.07) is 60.8. The first-order chi connectivity index (χ1) is 27.8. The van der Waals surface area contributed by atoms with Crippen molar-refractivity contribution in [1.82, 2.24) is 19.5 Å². The van der Waals surface area contributed by atoms with E-state index in [0.717, 1.165) is 33.2 Å². The van der Waals surface area contributed by atoms with Gasteiger partial charge in [0.25, 0.3) is 0 Å². The standard InChI is InChI=1S/C53H40N4/c1-52(2)43-31-29-40-39-25-15-16-26-44(39)57(48(40)46(43)42-28-27-33-17-11-12-22-36(33)47(42)53(52,3)4)45-32-30-41(37-23-13-14-24-38(37)45)51-55-49(34-18-7-5-8-19-34)54-50(56-51)35-20-9-6-10-21-35/h5-32H,1-4H3. The van der Waals surface area contributed by atoms with Crippen LogP contribution in [0.2, 0.25) is 0 Å². The summed E-state index contributed by atoms with van der Waals surface area (Å²) in [6.45, 7) is 9.73. The van der Waals surface area contributed by atoms with E-state index >= 15 is 0 Å². The van der Waals surface area contributed by atoms with Gasteiger partial charge in [0.15, 0.2) is 17.5 Å². The van der Waals surface area contributed by atoms with Gasteiger partial charge in [-0.15, -0.1) is 0 Å². The molecule has 11 rings (SSSR count). The van der Waals surface area contributed by atoms with Crippen molar-refractivity contribution in [3.63, 3.8) is 0 Å². The van der Waals surface area contributed by atoms with E-state index in [2.05, 4.69) is 166 Å². The molecule has 8 aromatic carbocycles. The van der Waals surface area contributed by atoms with Crippen molar-refractivity contribution in [3.8, 4) is 51.0 Å². The van der Waals surface area contributed by atoms with E-state index in [-0.39, 0.29) is 10.8 Å². The Bertz CT molecular complexity index is 3170. The van der Waals surface area contributed by atoms with Crippen LogP contribution in [0.25, 0.3) is 94.3 Å². The highest BCUT2D eigenvalue weighted by molar-refractivity contribution is 6.17. The monoisotopic (exact) mass is 732 g/mol. The quantitative estimate of drug-likeness (QED) is 0.181. The van der Waals surface area contributed by atoms with Crippen molar-refractivity contribution < 1.29 is 0 Å². The second kappa shape index (κ2) is 12.3. The van der Waals surface area contributed by atoms with Crippen molar-refractivity contribution in [1.29, 1.82) is 0 Å².